The first-order chi connectivity index (χ1) is 14.3. The Kier molecular flexibility index (Phi) is 9.48. The Bertz CT molecular complexity index is 911. The molecule has 9 heteroatoms. The van der Waals surface area contributed by atoms with Gasteiger partial charge in [-0.1, -0.05) is 41.5 Å². The molecule has 0 spiro atoms. The van der Waals surface area contributed by atoms with E-state index in [0.717, 1.165) is 12.1 Å². The first-order valence-electron chi connectivity index (χ1n) is 10.2. The number of aromatic amines is 1. The van der Waals surface area contributed by atoms with Gasteiger partial charge in [-0.2, -0.15) is 0 Å². The van der Waals surface area contributed by atoms with Crippen molar-refractivity contribution in [2.24, 2.45) is 10.8 Å². The van der Waals surface area contributed by atoms with Crippen molar-refractivity contribution >= 4 is 11.8 Å². The van der Waals surface area contributed by atoms with E-state index >= 15 is 0 Å². The second-order valence-corrected chi connectivity index (χ2v) is 9.23. The molecule has 0 unspecified atom stereocenters. The van der Waals surface area contributed by atoms with Gasteiger partial charge in [-0.05, 0) is 13.0 Å². The van der Waals surface area contributed by atoms with Crippen molar-refractivity contribution in [1.82, 2.24) is 30.6 Å². The van der Waals surface area contributed by atoms with E-state index in [1.54, 1.807) is 13.1 Å². The molecule has 0 aliphatic heterocycles. The highest BCUT2D eigenvalue weighted by molar-refractivity contribution is 5.81. The van der Waals surface area contributed by atoms with Crippen molar-refractivity contribution in [1.29, 1.82) is 0 Å². The summed E-state index contributed by atoms with van der Waals surface area (Å²) in [5.74, 6) is 0.459. The van der Waals surface area contributed by atoms with Gasteiger partial charge in [0.15, 0.2) is 0 Å². The molecule has 31 heavy (non-hydrogen) atoms. The van der Waals surface area contributed by atoms with Gasteiger partial charge >= 0.3 is 0 Å². The van der Waals surface area contributed by atoms with E-state index in [4.69, 9.17) is 0 Å². The number of aromatic nitrogens is 4. The van der Waals surface area contributed by atoms with Crippen LogP contribution >= 0.6 is 0 Å². The molecule has 0 saturated heterocycles. The molecular formula is C22H34N6O3. The maximum Gasteiger partial charge on any atom is 0.253 e. The van der Waals surface area contributed by atoms with Crippen LogP contribution < -0.4 is 16.2 Å². The lowest BCUT2D eigenvalue weighted by Crippen LogP contribution is -2.36. The standard InChI is InChI=1S/C11H17N3O2.C11H17N3O/c1-7-5-12-8(14-9(7)15)6-13-10(16)11(2,3)4;1-11(2,3)10(15)13-7-5-9-4-6-12-8-14-9/h5H,6H2,1-4H3,(H,13,16)(H,12,14,15);4,6,8H,5,7H2,1-3H3,(H,13,15). The van der Waals surface area contributed by atoms with Gasteiger partial charge < -0.3 is 15.6 Å². The number of H-pyrrole nitrogens is 1. The third kappa shape index (κ3) is 9.97. The summed E-state index contributed by atoms with van der Waals surface area (Å²) in [6.45, 7) is 13.7. The molecule has 0 radical (unpaired) electrons. The molecule has 2 rings (SSSR count). The number of nitrogens with zero attached hydrogens (tertiary/aromatic N) is 3. The molecule has 0 aromatic carbocycles. The number of aryl methyl sites for hydroxylation is 1. The zero-order chi connectivity index (χ0) is 23.7. The predicted octanol–water partition coefficient (Wildman–Crippen LogP) is 1.92. The smallest absolute Gasteiger partial charge is 0.253 e. The summed E-state index contributed by atoms with van der Waals surface area (Å²) in [5.41, 5.74) is 0.566. The summed E-state index contributed by atoms with van der Waals surface area (Å²) in [6, 6.07) is 1.85. The lowest BCUT2D eigenvalue weighted by molar-refractivity contribution is -0.129. The summed E-state index contributed by atoms with van der Waals surface area (Å²) in [7, 11) is 0. The summed E-state index contributed by atoms with van der Waals surface area (Å²) in [4.78, 5) is 48.9. The van der Waals surface area contributed by atoms with Crippen molar-refractivity contribution in [3.63, 3.8) is 0 Å². The number of hydrogen-bond donors (Lipinski definition) is 3. The fourth-order valence-electron chi connectivity index (χ4n) is 2.05. The molecule has 0 saturated carbocycles. The number of nitrogens with one attached hydrogen (secondary N) is 3. The number of carbonyl (C=O) groups is 2. The average molecular weight is 431 g/mol. The van der Waals surface area contributed by atoms with Crippen LogP contribution in [0, 0.1) is 17.8 Å². The van der Waals surface area contributed by atoms with E-state index < -0.39 is 5.41 Å². The van der Waals surface area contributed by atoms with Gasteiger partial charge in [0.2, 0.25) is 11.8 Å². The number of hydrogen-bond acceptors (Lipinski definition) is 6. The van der Waals surface area contributed by atoms with E-state index in [-0.39, 0.29) is 29.3 Å². The molecule has 2 aromatic rings. The summed E-state index contributed by atoms with van der Waals surface area (Å²) in [6.07, 6.45) is 5.45. The van der Waals surface area contributed by atoms with Crippen LogP contribution in [0.25, 0.3) is 0 Å². The second-order valence-electron chi connectivity index (χ2n) is 9.23. The van der Waals surface area contributed by atoms with Crippen molar-refractivity contribution in [2.75, 3.05) is 6.54 Å². The fourth-order valence-corrected chi connectivity index (χ4v) is 2.05. The first-order valence-corrected chi connectivity index (χ1v) is 10.2. The molecule has 9 nitrogen and oxygen atoms in total. The second kappa shape index (κ2) is 11.3. The SMILES string of the molecule is CC(C)(C)C(=O)NCCc1ccncn1.Cc1cnc(CNC(=O)C(C)(C)C)[nH]c1=O. The molecule has 0 fully saturated rings. The van der Waals surface area contributed by atoms with Crippen LogP contribution in [0.2, 0.25) is 0 Å². The molecule has 0 bridgehead atoms. The quantitative estimate of drug-likeness (QED) is 0.664. The van der Waals surface area contributed by atoms with Gasteiger partial charge in [0, 0.05) is 47.4 Å². The minimum atomic E-state index is -0.439. The normalized spacial score (nSPS) is 11.2. The molecule has 0 aliphatic rings. The highest BCUT2D eigenvalue weighted by atomic mass is 16.2. The van der Waals surface area contributed by atoms with E-state index in [2.05, 4.69) is 30.6 Å². The van der Waals surface area contributed by atoms with Gasteiger partial charge in [-0.15, -0.1) is 0 Å². The third-order valence-electron chi connectivity index (χ3n) is 4.12. The Morgan fingerprint density at radius 1 is 1.00 bits per heavy atom. The topological polar surface area (TPSA) is 130 Å². The van der Waals surface area contributed by atoms with Crippen LogP contribution in [0.3, 0.4) is 0 Å². The number of rotatable bonds is 5. The van der Waals surface area contributed by atoms with Crippen LogP contribution in [0.5, 0.6) is 0 Å². The van der Waals surface area contributed by atoms with Crippen LogP contribution in [-0.4, -0.2) is 38.3 Å². The molecule has 2 amide bonds. The maximum atomic E-state index is 11.6. The minimum Gasteiger partial charge on any atom is -0.355 e. The number of carbonyl (C=O) groups excluding carboxylic acids is 2. The third-order valence-corrected chi connectivity index (χ3v) is 4.12. The van der Waals surface area contributed by atoms with Crippen LogP contribution in [0.1, 0.15) is 58.6 Å². The minimum absolute atomic E-state index is 0.0663. The molecule has 2 heterocycles. The van der Waals surface area contributed by atoms with Crippen LogP contribution in [0.15, 0.2) is 29.6 Å². The monoisotopic (exact) mass is 430 g/mol. The van der Waals surface area contributed by atoms with Gasteiger partial charge in [0.05, 0.1) is 6.54 Å². The Labute approximate surface area is 183 Å². The average Bonchev–Trinajstić information content (AvgIpc) is 2.68. The van der Waals surface area contributed by atoms with Gasteiger partial charge in [-0.25, -0.2) is 15.0 Å². The molecule has 3 N–H and O–H groups in total. The highest BCUT2D eigenvalue weighted by Crippen LogP contribution is 2.12. The van der Waals surface area contributed by atoms with Crippen LogP contribution in [0.4, 0.5) is 0 Å². The Morgan fingerprint density at radius 3 is 2.13 bits per heavy atom. The van der Waals surface area contributed by atoms with Crippen LogP contribution in [-0.2, 0) is 22.6 Å². The molecular weight excluding hydrogens is 396 g/mol. The number of amides is 2. The van der Waals surface area contributed by atoms with Crippen molar-refractivity contribution in [3.05, 3.63) is 52.2 Å². The highest BCUT2D eigenvalue weighted by Gasteiger charge is 2.21. The summed E-state index contributed by atoms with van der Waals surface area (Å²) < 4.78 is 0. The maximum absolute atomic E-state index is 11.6. The summed E-state index contributed by atoms with van der Waals surface area (Å²) in [5, 5.41) is 5.59. The Balaban J connectivity index is 0.000000311. The molecule has 0 aliphatic carbocycles. The summed E-state index contributed by atoms with van der Waals surface area (Å²) >= 11 is 0. The van der Waals surface area contributed by atoms with Crippen molar-refractivity contribution in [3.8, 4) is 0 Å². The van der Waals surface area contributed by atoms with Gasteiger partial charge in [0.1, 0.15) is 12.2 Å². The Hall–Kier alpha value is -3.10. The molecule has 170 valence electrons. The van der Waals surface area contributed by atoms with Gasteiger partial charge in [-0.3, -0.25) is 14.4 Å². The lowest BCUT2D eigenvalue weighted by atomic mass is 9.96. The van der Waals surface area contributed by atoms with Gasteiger partial charge in [0.25, 0.3) is 5.56 Å². The first kappa shape index (κ1) is 25.9. The van der Waals surface area contributed by atoms with Crippen molar-refractivity contribution < 1.29 is 9.59 Å². The van der Waals surface area contributed by atoms with E-state index in [9.17, 15) is 14.4 Å². The van der Waals surface area contributed by atoms with E-state index in [1.165, 1.54) is 12.5 Å². The Morgan fingerprint density at radius 2 is 1.61 bits per heavy atom. The van der Waals surface area contributed by atoms with E-state index in [0.29, 0.717) is 17.9 Å². The largest absolute Gasteiger partial charge is 0.355 e. The van der Waals surface area contributed by atoms with E-state index in [1.807, 2.05) is 47.6 Å². The molecule has 2 aromatic heterocycles. The molecule has 0 atom stereocenters. The zero-order valence-electron chi connectivity index (χ0n) is 19.5. The lowest BCUT2D eigenvalue weighted by Gasteiger charge is -2.17. The zero-order valence-corrected chi connectivity index (χ0v) is 19.5. The predicted molar refractivity (Wildman–Crippen MR) is 119 cm³/mol. The fraction of sp³-hybridized carbons (Fsp3) is 0.545. The van der Waals surface area contributed by atoms with Crippen molar-refractivity contribution in [2.45, 2.75) is 61.4 Å².